The van der Waals surface area contributed by atoms with Gasteiger partial charge in [-0.25, -0.2) is 0 Å². The summed E-state index contributed by atoms with van der Waals surface area (Å²) in [5.41, 5.74) is 0.956. The number of hydrogen-bond donors (Lipinski definition) is 1. The van der Waals surface area contributed by atoms with Crippen molar-refractivity contribution in [3.8, 4) is 0 Å². The summed E-state index contributed by atoms with van der Waals surface area (Å²) in [6.45, 7) is 1.84. The summed E-state index contributed by atoms with van der Waals surface area (Å²) in [6.07, 6.45) is 7.28. The van der Waals surface area contributed by atoms with E-state index in [0.717, 1.165) is 11.6 Å². The average Bonchev–Trinajstić information content (AvgIpc) is 2.39. The van der Waals surface area contributed by atoms with Gasteiger partial charge < -0.3 is 4.48 Å². The highest BCUT2D eigenvalue weighted by Gasteiger charge is 2.24. The van der Waals surface area contributed by atoms with Crippen molar-refractivity contribution in [2.45, 2.75) is 50.0 Å². The highest BCUT2D eigenvalue weighted by Crippen LogP contribution is 2.23. The molecule has 21 heavy (non-hydrogen) atoms. The van der Waals surface area contributed by atoms with Crippen molar-refractivity contribution in [3.63, 3.8) is 0 Å². The topological polar surface area (TPSA) is 54.4 Å². The Hall–Kier alpha value is -0.910. The minimum absolute atomic E-state index is 0.0666. The second-order valence-corrected chi connectivity index (χ2v) is 8.12. The molecule has 0 saturated heterocycles. The molecular weight excluding hydrogens is 286 g/mol. The Morgan fingerprint density at radius 2 is 1.48 bits per heavy atom. The molecule has 120 valence electrons. The van der Waals surface area contributed by atoms with Gasteiger partial charge in [-0.1, -0.05) is 24.1 Å². The van der Waals surface area contributed by atoms with Crippen LogP contribution in [0.3, 0.4) is 0 Å². The maximum atomic E-state index is 10.5. The molecular formula is C16H28NO3S+. The standard InChI is InChI=1S/C9H20N.C7H8O3S/c1-10(2,3)9-7-5-4-6-8-9;1-6-2-4-7(5-3-6)11(8,9)10/h9H,4-8H2,1-3H3;2-5H,1H3,(H,8,9,10)/q+1;. The third-order valence-corrected chi connectivity index (χ3v) is 4.86. The van der Waals surface area contributed by atoms with E-state index in [1.54, 1.807) is 12.1 Å². The van der Waals surface area contributed by atoms with Crippen LogP contribution in [-0.2, 0) is 10.1 Å². The van der Waals surface area contributed by atoms with Gasteiger partial charge in [0.15, 0.2) is 0 Å². The fourth-order valence-electron chi connectivity index (χ4n) is 2.57. The Bertz CT molecular complexity index is 524. The SMILES string of the molecule is C[N+](C)(C)C1CCCCC1.Cc1ccc(S(=O)(=O)O)cc1. The van der Waals surface area contributed by atoms with E-state index in [9.17, 15) is 8.42 Å². The van der Waals surface area contributed by atoms with Gasteiger partial charge in [-0.2, -0.15) is 8.42 Å². The molecule has 0 aliphatic heterocycles. The molecule has 4 nitrogen and oxygen atoms in total. The maximum absolute atomic E-state index is 10.5. The van der Waals surface area contributed by atoms with Crippen molar-refractivity contribution in [2.75, 3.05) is 21.1 Å². The van der Waals surface area contributed by atoms with Crippen LogP contribution < -0.4 is 0 Å². The molecule has 0 radical (unpaired) electrons. The third-order valence-electron chi connectivity index (χ3n) is 3.99. The molecule has 1 aliphatic carbocycles. The van der Waals surface area contributed by atoms with Gasteiger partial charge in [0.2, 0.25) is 0 Å². The molecule has 0 amide bonds. The fraction of sp³-hybridized carbons (Fsp3) is 0.625. The first kappa shape index (κ1) is 18.1. The molecule has 1 aliphatic rings. The van der Waals surface area contributed by atoms with E-state index in [1.807, 2.05) is 6.92 Å². The summed E-state index contributed by atoms with van der Waals surface area (Å²) in [5, 5.41) is 0. The van der Waals surface area contributed by atoms with E-state index in [1.165, 1.54) is 48.7 Å². The molecule has 0 unspecified atom stereocenters. The minimum atomic E-state index is -4.02. The van der Waals surface area contributed by atoms with Crippen molar-refractivity contribution >= 4 is 10.1 Å². The third kappa shape index (κ3) is 6.59. The zero-order chi connectivity index (χ0) is 16.1. The smallest absolute Gasteiger partial charge is 0.294 e. The molecule has 2 rings (SSSR count). The monoisotopic (exact) mass is 314 g/mol. The summed E-state index contributed by atoms with van der Waals surface area (Å²) in [7, 11) is 2.93. The van der Waals surface area contributed by atoms with Gasteiger partial charge in [-0.05, 0) is 44.7 Å². The van der Waals surface area contributed by atoms with Crippen LogP contribution in [0.15, 0.2) is 29.2 Å². The van der Waals surface area contributed by atoms with E-state index < -0.39 is 10.1 Å². The van der Waals surface area contributed by atoms with Crippen LogP contribution >= 0.6 is 0 Å². The number of aryl methyl sites for hydroxylation is 1. The molecule has 1 fully saturated rings. The molecule has 1 aromatic rings. The zero-order valence-corrected chi connectivity index (χ0v) is 14.4. The number of benzene rings is 1. The van der Waals surface area contributed by atoms with Gasteiger partial charge in [-0.3, -0.25) is 4.55 Å². The van der Waals surface area contributed by atoms with Gasteiger partial charge in [0.1, 0.15) is 0 Å². The van der Waals surface area contributed by atoms with Gasteiger partial charge in [-0.15, -0.1) is 0 Å². The van der Waals surface area contributed by atoms with Gasteiger partial charge >= 0.3 is 0 Å². The second-order valence-electron chi connectivity index (χ2n) is 6.70. The highest BCUT2D eigenvalue weighted by atomic mass is 32.2. The number of nitrogens with zero attached hydrogens (tertiary/aromatic N) is 1. The fourth-order valence-corrected chi connectivity index (χ4v) is 3.05. The molecule has 0 atom stereocenters. The molecule has 0 bridgehead atoms. The molecule has 1 aromatic carbocycles. The van der Waals surface area contributed by atoms with Gasteiger partial charge in [0.05, 0.1) is 32.1 Å². The van der Waals surface area contributed by atoms with Crippen LogP contribution in [0.1, 0.15) is 37.7 Å². The van der Waals surface area contributed by atoms with Crippen molar-refractivity contribution in [1.29, 1.82) is 0 Å². The molecule has 1 N–H and O–H groups in total. The Balaban J connectivity index is 0.000000211. The quantitative estimate of drug-likeness (QED) is 0.673. The summed E-state index contributed by atoms with van der Waals surface area (Å²) in [5.74, 6) is 0. The van der Waals surface area contributed by atoms with Crippen LogP contribution in [0.25, 0.3) is 0 Å². The van der Waals surface area contributed by atoms with Crippen LogP contribution in [-0.4, -0.2) is 44.6 Å². The summed E-state index contributed by atoms with van der Waals surface area (Å²) in [6, 6.07) is 6.93. The highest BCUT2D eigenvalue weighted by molar-refractivity contribution is 7.85. The molecule has 0 spiro atoms. The first-order valence-electron chi connectivity index (χ1n) is 7.46. The van der Waals surface area contributed by atoms with Crippen molar-refractivity contribution in [3.05, 3.63) is 29.8 Å². The van der Waals surface area contributed by atoms with E-state index in [2.05, 4.69) is 21.1 Å². The number of quaternary nitrogens is 1. The predicted molar refractivity (Wildman–Crippen MR) is 85.9 cm³/mol. The molecule has 5 heteroatoms. The largest absolute Gasteiger partial charge is 0.328 e. The minimum Gasteiger partial charge on any atom is -0.328 e. The van der Waals surface area contributed by atoms with Gasteiger partial charge in [0.25, 0.3) is 10.1 Å². The number of rotatable bonds is 2. The molecule has 1 saturated carbocycles. The normalized spacial score (nSPS) is 17.0. The zero-order valence-electron chi connectivity index (χ0n) is 13.5. The summed E-state index contributed by atoms with van der Waals surface area (Å²) < 4.78 is 30.7. The maximum Gasteiger partial charge on any atom is 0.294 e. The Kier molecular flexibility index (Phi) is 6.38. The van der Waals surface area contributed by atoms with Crippen molar-refractivity contribution in [1.82, 2.24) is 0 Å². The number of hydrogen-bond acceptors (Lipinski definition) is 2. The Labute approximate surface area is 129 Å². The first-order valence-corrected chi connectivity index (χ1v) is 8.90. The lowest BCUT2D eigenvalue weighted by molar-refractivity contribution is -0.897. The summed E-state index contributed by atoms with van der Waals surface area (Å²) in [4.78, 5) is -0.0666. The van der Waals surface area contributed by atoms with E-state index in [0.29, 0.717) is 0 Å². The van der Waals surface area contributed by atoms with E-state index in [4.69, 9.17) is 4.55 Å². The predicted octanol–water partition coefficient (Wildman–Crippen LogP) is 3.27. The first-order chi connectivity index (χ1) is 9.60. The van der Waals surface area contributed by atoms with Crippen LogP contribution in [0, 0.1) is 6.92 Å². The van der Waals surface area contributed by atoms with Crippen molar-refractivity contribution in [2.24, 2.45) is 0 Å². The Morgan fingerprint density at radius 1 is 1.00 bits per heavy atom. The Morgan fingerprint density at radius 3 is 1.81 bits per heavy atom. The van der Waals surface area contributed by atoms with E-state index in [-0.39, 0.29) is 4.90 Å². The summed E-state index contributed by atoms with van der Waals surface area (Å²) >= 11 is 0. The van der Waals surface area contributed by atoms with Crippen molar-refractivity contribution < 1.29 is 17.5 Å². The molecule has 0 heterocycles. The lowest BCUT2D eigenvalue weighted by Gasteiger charge is -2.36. The van der Waals surface area contributed by atoms with Crippen LogP contribution in [0.5, 0.6) is 0 Å². The average molecular weight is 314 g/mol. The van der Waals surface area contributed by atoms with Gasteiger partial charge in [0, 0.05) is 0 Å². The lowest BCUT2D eigenvalue weighted by Crippen LogP contribution is -2.45. The van der Waals surface area contributed by atoms with E-state index >= 15 is 0 Å². The van der Waals surface area contributed by atoms with Crippen LogP contribution in [0.2, 0.25) is 0 Å². The van der Waals surface area contributed by atoms with Crippen LogP contribution in [0.4, 0.5) is 0 Å². The second kappa shape index (κ2) is 7.38. The molecule has 0 aromatic heterocycles. The lowest BCUT2D eigenvalue weighted by atomic mass is 9.94.